The molecule has 1 aromatic carbocycles. The Morgan fingerprint density at radius 3 is 2.37 bits per heavy atom. The lowest BCUT2D eigenvalue weighted by Crippen LogP contribution is -2.10. The molecule has 1 heterocycles. The first-order valence-corrected chi connectivity index (χ1v) is 7.49. The van der Waals surface area contributed by atoms with Crippen LogP contribution in [0.15, 0.2) is 47.5 Å². The van der Waals surface area contributed by atoms with E-state index < -0.39 is 0 Å². The summed E-state index contributed by atoms with van der Waals surface area (Å²) >= 11 is 1.71. The van der Waals surface area contributed by atoms with Crippen LogP contribution in [0.4, 0.5) is 0 Å². The van der Waals surface area contributed by atoms with Gasteiger partial charge in [-0.1, -0.05) is 6.92 Å². The lowest BCUT2D eigenvalue weighted by molar-refractivity contribution is 0.478. The molecule has 0 fully saturated rings. The van der Waals surface area contributed by atoms with Crippen molar-refractivity contribution in [3.05, 3.63) is 48.3 Å². The Bertz CT molecular complexity index is 511. The van der Waals surface area contributed by atoms with Crippen molar-refractivity contribution < 1.29 is 4.74 Å². The third kappa shape index (κ3) is 3.72. The minimum atomic E-state index is -0.00471. The van der Waals surface area contributed by atoms with E-state index in [2.05, 4.69) is 11.2 Å². The molecule has 0 radical (unpaired) electrons. The van der Waals surface area contributed by atoms with Crippen LogP contribution in [0.3, 0.4) is 0 Å². The molecule has 4 heteroatoms. The second-order valence-electron chi connectivity index (χ2n) is 4.21. The Morgan fingerprint density at radius 1 is 1.16 bits per heavy atom. The third-order valence-corrected chi connectivity index (χ3v) is 3.62. The molecule has 0 spiro atoms. The predicted molar refractivity (Wildman–Crippen MR) is 79.8 cm³/mol. The molecule has 0 unspecified atom stereocenters. The normalized spacial score (nSPS) is 12.2. The topological polar surface area (TPSA) is 48.1 Å². The molecule has 2 N–H and O–H groups in total. The molecule has 100 valence electrons. The van der Waals surface area contributed by atoms with Gasteiger partial charge in [0.05, 0.1) is 11.9 Å². The Balaban J connectivity index is 2.06. The summed E-state index contributed by atoms with van der Waals surface area (Å²) < 4.78 is 5.73. The summed E-state index contributed by atoms with van der Waals surface area (Å²) in [4.78, 5) is 5.54. The summed E-state index contributed by atoms with van der Waals surface area (Å²) in [5.74, 6) is 1.54. The number of ether oxygens (including phenoxy) is 1. The third-order valence-electron chi connectivity index (χ3n) is 2.87. The molecule has 0 saturated carbocycles. The van der Waals surface area contributed by atoms with Crippen molar-refractivity contribution in [2.45, 2.75) is 24.3 Å². The molecule has 0 aliphatic heterocycles. The average molecular weight is 274 g/mol. The summed E-state index contributed by atoms with van der Waals surface area (Å²) in [6, 6.07) is 11.8. The fourth-order valence-electron chi connectivity index (χ4n) is 1.66. The van der Waals surface area contributed by atoms with E-state index in [1.807, 2.05) is 43.3 Å². The van der Waals surface area contributed by atoms with Gasteiger partial charge in [-0.25, -0.2) is 0 Å². The van der Waals surface area contributed by atoms with Gasteiger partial charge in [-0.2, -0.15) is 0 Å². The van der Waals surface area contributed by atoms with E-state index in [0.29, 0.717) is 0 Å². The van der Waals surface area contributed by atoms with Gasteiger partial charge in [-0.15, -0.1) is 11.8 Å². The van der Waals surface area contributed by atoms with Crippen LogP contribution in [0.5, 0.6) is 11.5 Å². The second kappa shape index (κ2) is 6.59. The first kappa shape index (κ1) is 13.9. The van der Waals surface area contributed by atoms with Crippen LogP contribution >= 0.6 is 11.8 Å². The Hall–Kier alpha value is -1.52. The van der Waals surface area contributed by atoms with Gasteiger partial charge in [0, 0.05) is 10.9 Å². The average Bonchev–Trinajstić information content (AvgIpc) is 2.48. The van der Waals surface area contributed by atoms with E-state index in [1.54, 1.807) is 18.0 Å². The molecular formula is C15H18N2OS. The maximum atomic E-state index is 5.92. The van der Waals surface area contributed by atoms with Crippen LogP contribution in [0.25, 0.3) is 0 Å². The fourth-order valence-corrected chi connectivity index (χ4v) is 2.07. The van der Waals surface area contributed by atoms with Gasteiger partial charge in [-0.05, 0) is 49.1 Å². The van der Waals surface area contributed by atoms with Crippen molar-refractivity contribution in [3.8, 4) is 11.5 Å². The van der Waals surface area contributed by atoms with Gasteiger partial charge in [0.25, 0.3) is 0 Å². The predicted octanol–water partition coefficient (Wildman–Crippen LogP) is 4.01. The number of benzene rings is 1. The van der Waals surface area contributed by atoms with Crippen LogP contribution in [0.2, 0.25) is 0 Å². The summed E-state index contributed by atoms with van der Waals surface area (Å²) in [5.41, 5.74) is 6.82. The van der Waals surface area contributed by atoms with Gasteiger partial charge in [-0.3, -0.25) is 4.98 Å². The molecule has 0 amide bonds. The summed E-state index contributed by atoms with van der Waals surface area (Å²) in [5, 5.41) is 0. The summed E-state index contributed by atoms with van der Waals surface area (Å²) in [7, 11) is 0. The number of pyridine rings is 1. The number of nitrogens with zero attached hydrogens (tertiary/aromatic N) is 1. The maximum absolute atomic E-state index is 5.92. The zero-order chi connectivity index (χ0) is 13.7. The molecule has 2 rings (SSSR count). The molecular weight excluding hydrogens is 256 g/mol. The van der Waals surface area contributed by atoms with Crippen LogP contribution in [0, 0.1) is 0 Å². The van der Waals surface area contributed by atoms with E-state index in [9.17, 15) is 0 Å². The van der Waals surface area contributed by atoms with Crippen LogP contribution in [-0.4, -0.2) is 11.2 Å². The van der Waals surface area contributed by atoms with Gasteiger partial charge in [0.2, 0.25) is 0 Å². The molecule has 19 heavy (non-hydrogen) atoms. The van der Waals surface area contributed by atoms with Crippen LogP contribution < -0.4 is 10.5 Å². The van der Waals surface area contributed by atoms with Crippen molar-refractivity contribution >= 4 is 11.8 Å². The van der Waals surface area contributed by atoms with Crippen molar-refractivity contribution in [2.24, 2.45) is 5.73 Å². The Kier molecular flexibility index (Phi) is 4.82. The second-order valence-corrected chi connectivity index (χ2v) is 5.09. The van der Waals surface area contributed by atoms with E-state index in [1.165, 1.54) is 4.90 Å². The highest BCUT2D eigenvalue weighted by Gasteiger charge is 2.05. The standard InChI is InChI=1S/C15H18N2OS/c1-3-14(16)15-9-6-12(10-17-15)18-11-4-7-13(19-2)8-5-11/h4-10,14H,3,16H2,1-2H3/t14-/m0/s1. The number of hydrogen-bond acceptors (Lipinski definition) is 4. The van der Waals surface area contributed by atoms with Crippen molar-refractivity contribution in [3.63, 3.8) is 0 Å². The lowest BCUT2D eigenvalue weighted by Gasteiger charge is -2.09. The van der Waals surface area contributed by atoms with Crippen molar-refractivity contribution in [1.29, 1.82) is 0 Å². The smallest absolute Gasteiger partial charge is 0.145 e. The number of nitrogens with two attached hydrogens (primary N) is 1. The van der Waals surface area contributed by atoms with Gasteiger partial charge in [0.1, 0.15) is 11.5 Å². The molecule has 0 bridgehead atoms. The highest BCUT2D eigenvalue weighted by atomic mass is 32.2. The van der Waals surface area contributed by atoms with Crippen molar-refractivity contribution in [1.82, 2.24) is 4.98 Å². The highest BCUT2D eigenvalue weighted by Crippen LogP contribution is 2.24. The van der Waals surface area contributed by atoms with Crippen molar-refractivity contribution in [2.75, 3.05) is 6.26 Å². The Morgan fingerprint density at radius 2 is 1.84 bits per heavy atom. The Labute approximate surface area is 118 Å². The van der Waals surface area contributed by atoms with E-state index in [-0.39, 0.29) is 6.04 Å². The highest BCUT2D eigenvalue weighted by molar-refractivity contribution is 7.98. The van der Waals surface area contributed by atoms with E-state index >= 15 is 0 Å². The van der Waals surface area contributed by atoms with Gasteiger partial charge >= 0.3 is 0 Å². The van der Waals surface area contributed by atoms with Gasteiger partial charge < -0.3 is 10.5 Å². The fraction of sp³-hybridized carbons (Fsp3) is 0.267. The maximum Gasteiger partial charge on any atom is 0.145 e. The van der Waals surface area contributed by atoms with Gasteiger partial charge in [0.15, 0.2) is 0 Å². The number of thioether (sulfide) groups is 1. The lowest BCUT2D eigenvalue weighted by atomic mass is 10.1. The van der Waals surface area contributed by atoms with Crippen LogP contribution in [-0.2, 0) is 0 Å². The summed E-state index contributed by atoms with van der Waals surface area (Å²) in [6.45, 7) is 2.05. The zero-order valence-corrected chi connectivity index (χ0v) is 12.0. The van der Waals surface area contributed by atoms with Crippen LogP contribution in [0.1, 0.15) is 25.1 Å². The SMILES string of the molecule is CC[C@H](N)c1ccc(Oc2ccc(SC)cc2)cn1. The molecule has 0 aliphatic rings. The molecule has 3 nitrogen and oxygen atoms in total. The molecule has 0 aliphatic carbocycles. The first-order valence-electron chi connectivity index (χ1n) is 6.26. The van der Waals surface area contributed by atoms with E-state index in [0.717, 1.165) is 23.6 Å². The molecule has 1 atom stereocenters. The molecule has 0 saturated heterocycles. The number of hydrogen-bond donors (Lipinski definition) is 1. The monoisotopic (exact) mass is 274 g/mol. The number of rotatable bonds is 5. The largest absolute Gasteiger partial charge is 0.456 e. The minimum absolute atomic E-state index is 0.00471. The quantitative estimate of drug-likeness (QED) is 0.837. The number of aromatic nitrogens is 1. The zero-order valence-electron chi connectivity index (χ0n) is 11.2. The van der Waals surface area contributed by atoms with E-state index in [4.69, 9.17) is 10.5 Å². The summed E-state index contributed by atoms with van der Waals surface area (Å²) in [6.07, 6.45) is 4.65. The molecule has 1 aromatic heterocycles. The molecule has 2 aromatic rings. The minimum Gasteiger partial charge on any atom is -0.456 e. The first-order chi connectivity index (χ1) is 9.22.